The van der Waals surface area contributed by atoms with E-state index in [0.717, 1.165) is 5.06 Å². The van der Waals surface area contributed by atoms with Crippen molar-refractivity contribution in [1.82, 2.24) is 9.63 Å². The number of amides is 1. The predicted molar refractivity (Wildman–Crippen MR) is 66.5 cm³/mol. The first-order valence-corrected chi connectivity index (χ1v) is 5.93. The van der Waals surface area contributed by atoms with Crippen molar-refractivity contribution < 1.29 is 23.9 Å². The summed E-state index contributed by atoms with van der Waals surface area (Å²) in [5.74, 6) is -1.46. The van der Waals surface area contributed by atoms with Gasteiger partial charge in [0.1, 0.15) is 11.9 Å². The Bertz CT molecular complexity index is 724. The summed E-state index contributed by atoms with van der Waals surface area (Å²) in [5.41, 5.74) is 1.01. The normalized spacial score (nSPS) is 17.8. The zero-order valence-corrected chi connectivity index (χ0v) is 10.5. The molecular weight excluding hydrogens is 267 g/mol. The van der Waals surface area contributed by atoms with E-state index in [4.69, 9.17) is 9.94 Å². The minimum absolute atomic E-state index is 0.279. The lowest BCUT2D eigenvalue weighted by molar-refractivity contribution is -0.146. The van der Waals surface area contributed by atoms with Crippen LogP contribution in [0.5, 0.6) is 0 Å². The van der Waals surface area contributed by atoms with Gasteiger partial charge in [0, 0.05) is 5.39 Å². The summed E-state index contributed by atoms with van der Waals surface area (Å²) in [4.78, 5) is 28.2. The minimum Gasteiger partial charge on any atom is -0.481 e. The second-order valence-corrected chi connectivity index (χ2v) is 4.51. The van der Waals surface area contributed by atoms with E-state index in [0.29, 0.717) is 16.6 Å². The number of hydrogen-bond donors (Lipinski definition) is 1. The third-order valence-electron chi connectivity index (χ3n) is 3.36. The molecule has 7 heteroatoms. The molecule has 1 N–H and O–H groups in total. The summed E-state index contributed by atoms with van der Waals surface area (Å²) in [6.45, 7) is 0. The molecule has 1 unspecified atom stereocenters. The average molecular weight is 278 g/mol. The van der Waals surface area contributed by atoms with Crippen LogP contribution in [0.4, 0.5) is 9.18 Å². The molecule has 3 rings (SSSR count). The summed E-state index contributed by atoms with van der Waals surface area (Å²) in [6.07, 6.45) is -0.279. The van der Waals surface area contributed by atoms with E-state index in [1.54, 1.807) is 6.07 Å². The number of carboxylic acid groups (broad SMARTS) is 1. The molecular formula is C13H11FN2O4. The van der Waals surface area contributed by atoms with Crippen molar-refractivity contribution in [3.8, 4) is 0 Å². The number of nitrogens with zero attached hydrogens (tertiary/aromatic N) is 2. The first kappa shape index (κ1) is 12.6. The highest BCUT2D eigenvalue weighted by atomic mass is 19.1. The minimum atomic E-state index is -1.05. The molecule has 0 saturated carbocycles. The van der Waals surface area contributed by atoms with Crippen LogP contribution in [-0.4, -0.2) is 33.8 Å². The Balaban J connectivity index is 2.19. The fourth-order valence-corrected chi connectivity index (χ4v) is 2.58. The Morgan fingerprint density at radius 1 is 1.45 bits per heavy atom. The molecule has 0 bridgehead atoms. The number of halogens is 1. The predicted octanol–water partition coefficient (Wildman–Crippen LogP) is 2.14. The number of hydroxylamine groups is 2. The maximum atomic E-state index is 13.2. The van der Waals surface area contributed by atoms with Crippen LogP contribution in [0.2, 0.25) is 0 Å². The van der Waals surface area contributed by atoms with Gasteiger partial charge in [-0.05, 0) is 24.3 Å². The summed E-state index contributed by atoms with van der Waals surface area (Å²) in [7, 11) is 1.31. The van der Waals surface area contributed by atoms with Gasteiger partial charge < -0.3 is 5.11 Å². The highest BCUT2D eigenvalue weighted by Crippen LogP contribution is 2.36. The molecule has 1 aliphatic rings. The van der Waals surface area contributed by atoms with Crippen molar-refractivity contribution in [3.63, 3.8) is 0 Å². The summed E-state index contributed by atoms with van der Waals surface area (Å²) in [6, 6.07) is 4.47. The Kier molecular flexibility index (Phi) is 2.72. The van der Waals surface area contributed by atoms with Gasteiger partial charge in [0.2, 0.25) is 0 Å². The van der Waals surface area contributed by atoms with E-state index in [9.17, 15) is 14.0 Å². The van der Waals surface area contributed by atoms with Crippen LogP contribution >= 0.6 is 0 Å². The molecule has 0 spiro atoms. The maximum Gasteiger partial charge on any atom is 0.353 e. The topological polar surface area (TPSA) is 71.8 Å². The SMILES string of the molecule is CON1C(=O)n2c(cc3cc(F)ccc32)C1CC(=O)O. The van der Waals surface area contributed by atoms with Crippen molar-refractivity contribution in [2.45, 2.75) is 12.5 Å². The van der Waals surface area contributed by atoms with Crippen molar-refractivity contribution in [2.24, 2.45) is 0 Å². The summed E-state index contributed by atoms with van der Waals surface area (Å²) < 4.78 is 14.6. The molecule has 6 nitrogen and oxygen atoms in total. The van der Waals surface area contributed by atoms with Gasteiger partial charge in [-0.3, -0.25) is 14.2 Å². The maximum absolute atomic E-state index is 13.2. The summed E-state index contributed by atoms with van der Waals surface area (Å²) >= 11 is 0. The lowest BCUT2D eigenvalue weighted by atomic mass is 10.1. The van der Waals surface area contributed by atoms with Crippen LogP contribution in [-0.2, 0) is 9.63 Å². The molecule has 2 heterocycles. The number of aromatic nitrogens is 1. The van der Waals surface area contributed by atoms with E-state index < -0.39 is 23.9 Å². The molecule has 104 valence electrons. The number of hydrogen-bond acceptors (Lipinski definition) is 3. The number of aliphatic carboxylic acids is 1. The zero-order valence-electron chi connectivity index (χ0n) is 10.5. The molecule has 0 radical (unpaired) electrons. The van der Waals surface area contributed by atoms with Crippen LogP contribution in [0.25, 0.3) is 10.9 Å². The third kappa shape index (κ3) is 1.67. The van der Waals surface area contributed by atoms with Crippen LogP contribution in [0, 0.1) is 5.82 Å². The van der Waals surface area contributed by atoms with Gasteiger partial charge in [-0.15, -0.1) is 0 Å². The Morgan fingerprint density at radius 2 is 2.20 bits per heavy atom. The monoisotopic (exact) mass is 278 g/mol. The van der Waals surface area contributed by atoms with Gasteiger partial charge in [0.25, 0.3) is 0 Å². The third-order valence-corrected chi connectivity index (χ3v) is 3.36. The van der Waals surface area contributed by atoms with E-state index in [-0.39, 0.29) is 6.42 Å². The Labute approximate surface area is 112 Å². The largest absolute Gasteiger partial charge is 0.481 e. The molecule has 1 aromatic heterocycles. The quantitative estimate of drug-likeness (QED) is 0.933. The Morgan fingerprint density at radius 3 is 2.85 bits per heavy atom. The van der Waals surface area contributed by atoms with Gasteiger partial charge in [-0.2, -0.15) is 5.06 Å². The van der Waals surface area contributed by atoms with E-state index in [2.05, 4.69) is 0 Å². The van der Waals surface area contributed by atoms with E-state index in [1.165, 1.54) is 29.9 Å². The lowest BCUT2D eigenvalue weighted by Gasteiger charge is -2.19. The molecule has 1 atom stereocenters. The lowest BCUT2D eigenvalue weighted by Crippen LogP contribution is -2.29. The Hall–Kier alpha value is -2.41. The molecule has 0 saturated heterocycles. The van der Waals surface area contributed by atoms with Gasteiger partial charge in [0.15, 0.2) is 0 Å². The standard InChI is InChI=1S/C13H11FN2O4/c1-20-16-11(6-12(17)18)10-5-7-4-8(14)2-3-9(7)15(10)13(16)19/h2-5,11H,6H2,1H3,(H,17,18). The van der Waals surface area contributed by atoms with Crippen molar-refractivity contribution in [3.05, 3.63) is 35.8 Å². The first-order chi connectivity index (χ1) is 9.52. The number of carbonyl (C=O) groups excluding carboxylic acids is 1. The zero-order chi connectivity index (χ0) is 14.4. The molecule has 2 aromatic rings. The highest BCUT2D eigenvalue weighted by molar-refractivity contribution is 5.95. The number of carbonyl (C=O) groups is 2. The number of fused-ring (bicyclic) bond motifs is 3. The molecule has 0 aliphatic carbocycles. The van der Waals surface area contributed by atoms with Crippen LogP contribution in [0.1, 0.15) is 18.2 Å². The molecule has 0 fully saturated rings. The molecule has 1 aliphatic heterocycles. The highest BCUT2D eigenvalue weighted by Gasteiger charge is 2.40. The molecule has 1 aromatic carbocycles. The molecule has 1 amide bonds. The van der Waals surface area contributed by atoms with Gasteiger partial charge in [0.05, 0.1) is 24.7 Å². The second-order valence-electron chi connectivity index (χ2n) is 4.51. The van der Waals surface area contributed by atoms with Crippen LogP contribution in [0.15, 0.2) is 24.3 Å². The average Bonchev–Trinajstić information content (AvgIpc) is 2.85. The van der Waals surface area contributed by atoms with E-state index >= 15 is 0 Å². The first-order valence-electron chi connectivity index (χ1n) is 5.93. The van der Waals surface area contributed by atoms with Crippen molar-refractivity contribution in [2.75, 3.05) is 7.11 Å². The fraction of sp³-hybridized carbons (Fsp3) is 0.231. The van der Waals surface area contributed by atoms with Gasteiger partial charge in [-0.1, -0.05) is 0 Å². The van der Waals surface area contributed by atoms with Gasteiger partial charge >= 0.3 is 12.0 Å². The van der Waals surface area contributed by atoms with Crippen molar-refractivity contribution in [1.29, 1.82) is 0 Å². The smallest absolute Gasteiger partial charge is 0.353 e. The van der Waals surface area contributed by atoms with Gasteiger partial charge in [-0.25, -0.2) is 9.18 Å². The number of carboxylic acids is 1. The van der Waals surface area contributed by atoms with Crippen molar-refractivity contribution >= 4 is 22.9 Å². The summed E-state index contributed by atoms with van der Waals surface area (Å²) in [5, 5.41) is 10.5. The fourth-order valence-electron chi connectivity index (χ4n) is 2.58. The molecule has 20 heavy (non-hydrogen) atoms. The number of benzene rings is 1. The van der Waals surface area contributed by atoms with E-state index in [1.807, 2.05) is 0 Å². The second kappa shape index (κ2) is 4.31. The number of rotatable bonds is 3. The van der Waals surface area contributed by atoms with Crippen LogP contribution in [0.3, 0.4) is 0 Å². The van der Waals surface area contributed by atoms with Crippen LogP contribution < -0.4 is 0 Å².